The molecule has 0 spiro atoms. The summed E-state index contributed by atoms with van der Waals surface area (Å²) in [5, 5.41) is 17.6. The van der Waals surface area contributed by atoms with Crippen LogP contribution in [-0.4, -0.2) is 51.8 Å². The normalized spacial score (nSPS) is 11.2. The molecule has 0 radical (unpaired) electrons. The number of carboxylic acids is 2. The van der Waals surface area contributed by atoms with Gasteiger partial charge in [-0.2, -0.15) is 0 Å². The first-order valence-electron chi connectivity index (χ1n) is 10.6. The molecule has 0 aliphatic rings. The zero-order chi connectivity index (χ0) is 22.6. The zero-order valence-electron chi connectivity index (χ0n) is 18.4. The summed E-state index contributed by atoms with van der Waals surface area (Å²) in [6.45, 7) is 6.70. The van der Waals surface area contributed by atoms with E-state index in [-0.39, 0.29) is 18.1 Å². The minimum atomic E-state index is -0.944. The lowest BCUT2D eigenvalue weighted by Crippen LogP contribution is -2.38. The maximum atomic E-state index is 12.5. The van der Waals surface area contributed by atoms with Crippen LogP contribution in [0.4, 0.5) is 4.79 Å². The van der Waals surface area contributed by atoms with Crippen molar-refractivity contribution >= 4 is 18.0 Å². The monoisotopic (exact) mass is 421 g/mol. The van der Waals surface area contributed by atoms with Crippen molar-refractivity contribution in [2.24, 2.45) is 0 Å². The molecule has 7 nitrogen and oxygen atoms in total. The van der Waals surface area contributed by atoms with Crippen LogP contribution in [0.3, 0.4) is 0 Å². The van der Waals surface area contributed by atoms with E-state index in [0.717, 1.165) is 44.1 Å². The largest absolute Gasteiger partial charge is 0.481 e. The predicted octanol–water partition coefficient (Wildman–Crippen LogP) is 4.98. The average Bonchev–Trinajstić information content (AvgIpc) is 2.64. The Kier molecular flexibility index (Phi) is 10.9. The van der Waals surface area contributed by atoms with Crippen LogP contribution in [0.15, 0.2) is 24.3 Å². The highest BCUT2D eigenvalue weighted by Crippen LogP contribution is 2.14. The lowest BCUT2D eigenvalue weighted by Gasteiger charge is -2.27. The highest BCUT2D eigenvalue weighted by Gasteiger charge is 2.21. The highest BCUT2D eigenvalue weighted by atomic mass is 16.6. The number of carboxylic acid groups (broad SMARTS) is 2. The van der Waals surface area contributed by atoms with Crippen molar-refractivity contribution in [3.05, 3.63) is 35.4 Å². The number of ether oxygens (including phenoxy) is 1. The number of unbranched alkanes of at least 4 members (excludes halogenated alkanes) is 4. The number of carbonyl (C=O) groups excluding carboxylic acids is 1. The van der Waals surface area contributed by atoms with Gasteiger partial charge in [0, 0.05) is 19.5 Å². The third-order valence-corrected chi connectivity index (χ3v) is 4.56. The second-order valence-corrected chi connectivity index (χ2v) is 8.48. The van der Waals surface area contributed by atoms with Crippen molar-refractivity contribution in [1.29, 1.82) is 0 Å². The molecule has 1 rings (SSSR count). The van der Waals surface area contributed by atoms with Gasteiger partial charge in [0.25, 0.3) is 0 Å². The van der Waals surface area contributed by atoms with Crippen molar-refractivity contribution in [1.82, 2.24) is 4.90 Å². The Morgan fingerprint density at radius 2 is 1.43 bits per heavy atom. The van der Waals surface area contributed by atoms with Crippen LogP contribution in [0, 0.1) is 0 Å². The molecule has 7 heteroatoms. The number of aryl methyl sites for hydroxylation is 1. The van der Waals surface area contributed by atoms with Crippen molar-refractivity contribution in [2.45, 2.75) is 77.7 Å². The number of aliphatic carboxylic acids is 1. The minimum absolute atomic E-state index is 0.206. The number of carbonyl (C=O) groups is 3. The first-order valence-corrected chi connectivity index (χ1v) is 10.6. The van der Waals surface area contributed by atoms with Gasteiger partial charge in [-0.1, -0.05) is 31.4 Å². The standard InChI is InChI=1S/C23H35NO6/c1-23(2,3)30-22(29)24(16-8-6-4-5-7-11-20(25)26)17-9-10-18-12-14-19(15-13-18)21(27)28/h12-15H,4-11,16-17H2,1-3H3,(H,25,26)(H,27,28). The molecule has 0 atom stereocenters. The number of hydrogen-bond donors (Lipinski definition) is 2. The molecule has 0 fully saturated rings. The molecule has 1 aromatic rings. The van der Waals surface area contributed by atoms with E-state index in [2.05, 4.69) is 0 Å². The maximum absolute atomic E-state index is 12.5. The van der Waals surface area contributed by atoms with E-state index in [0.29, 0.717) is 19.5 Å². The predicted molar refractivity (Wildman–Crippen MR) is 115 cm³/mol. The Labute approximate surface area is 179 Å². The van der Waals surface area contributed by atoms with Gasteiger partial charge in [-0.3, -0.25) is 4.79 Å². The van der Waals surface area contributed by atoms with E-state index < -0.39 is 17.5 Å². The number of hydrogen-bond acceptors (Lipinski definition) is 4. The third-order valence-electron chi connectivity index (χ3n) is 4.56. The van der Waals surface area contributed by atoms with Gasteiger partial charge in [0.2, 0.25) is 0 Å². The molecular weight excluding hydrogens is 386 g/mol. The highest BCUT2D eigenvalue weighted by molar-refractivity contribution is 5.87. The molecule has 168 valence electrons. The summed E-state index contributed by atoms with van der Waals surface area (Å²) in [7, 11) is 0. The van der Waals surface area contributed by atoms with Gasteiger partial charge in [-0.25, -0.2) is 9.59 Å². The van der Waals surface area contributed by atoms with Crippen molar-refractivity contribution < 1.29 is 29.3 Å². The summed E-state index contributed by atoms with van der Waals surface area (Å²) in [5.74, 6) is -1.70. The average molecular weight is 422 g/mol. The molecule has 0 saturated heterocycles. The second-order valence-electron chi connectivity index (χ2n) is 8.48. The molecule has 0 saturated carbocycles. The molecule has 0 bridgehead atoms. The molecule has 0 heterocycles. The summed E-state index contributed by atoms with van der Waals surface area (Å²) in [6, 6.07) is 6.79. The van der Waals surface area contributed by atoms with Gasteiger partial charge >= 0.3 is 18.0 Å². The van der Waals surface area contributed by atoms with E-state index in [1.54, 1.807) is 29.2 Å². The van der Waals surface area contributed by atoms with Crippen molar-refractivity contribution in [2.75, 3.05) is 13.1 Å². The Balaban J connectivity index is 2.47. The topological polar surface area (TPSA) is 104 Å². The maximum Gasteiger partial charge on any atom is 0.410 e. The van der Waals surface area contributed by atoms with Crippen LogP contribution in [-0.2, 0) is 16.0 Å². The summed E-state index contributed by atoms with van der Waals surface area (Å²) in [6.07, 6.45) is 5.68. The smallest absolute Gasteiger partial charge is 0.410 e. The third kappa shape index (κ3) is 11.4. The molecule has 2 N–H and O–H groups in total. The molecule has 0 aromatic heterocycles. The molecule has 30 heavy (non-hydrogen) atoms. The van der Waals surface area contributed by atoms with Crippen LogP contribution in [0.25, 0.3) is 0 Å². The van der Waals surface area contributed by atoms with Gasteiger partial charge in [0.05, 0.1) is 5.56 Å². The Hall–Kier alpha value is -2.57. The SMILES string of the molecule is CC(C)(C)OC(=O)N(CCCCCCCC(=O)O)CCCc1ccc(C(=O)O)cc1. The Morgan fingerprint density at radius 1 is 0.867 bits per heavy atom. The number of benzene rings is 1. The summed E-state index contributed by atoms with van der Waals surface area (Å²) in [4.78, 5) is 35.7. The fourth-order valence-corrected chi connectivity index (χ4v) is 3.02. The molecule has 0 unspecified atom stereocenters. The van der Waals surface area contributed by atoms with Crippen LogP contribution < -0.4 is 0 Å². The lowest BCUT2D eigenvalue weighted by molar-refractivity contribution is -0.137. The Bertz CT molecular complexity index is 678. The van der Waals surface area contributed by atoms with Crippen LogP contribution in [0.5, 0.6) is 0 Å². The number of aromatic carboxylic acids is 1. The van der Waals surface area contributed by atoms with Crippen LogP contribution in [0.2, 0.25) is 0 Å². The van der Waals surface area contributed by atoms with E-state index in [1.165, 1.54) is 0 Å². The number of rotatable bonds is 13. The number of amides is 1. The van der Waals surface area contributed by atoms with Gasteiger partial charge < -0.3 is 19.8 Å². The summed E-state index contributed by atoms with van der Waals surface area (Å²) in [5.41, 5.74) is 0.735. The molecule has 0 aliphatic heterocycles. The van der Waals surface area contributed by atoms with Gasteiger partial charge in [0.1, 0.15) is 5.60 Å². The van der Waals surface area contributed by atoms with E-state index in [1.807, 2.05) is 20.8 Å². The van der Waals surface area contributed by atoms with Crippen molar-refractivity contribution in [3.63, 3.8) is 0 Å². The van der Waals surface area contributed by atoms with Gasteiger partial charge in [0.15, 0.2) is 0 Å². The van der Waals surface area contributed by atoms with Crippen LogP contribution >= 0.6 is 0 Å². The van der Waals surface area contributed by atoms with Gasteiger partial charge in [-0.15, -0.1) is 0 Å². The van der Waals surface area contributed by atoms with Crippen LogP contribution in [0.1, 0.15) is 81.6 Å². The summed E-state index contributed by atoms with van der Waals surface area (Å²) < 4.78 is 5.52. The minimum Gasteiger partial charge on any atom is -0.481 e. The van der Waals surface area contributed by atoms with Crippen molar-refractivity contribution in [3.8, 4) is 0 Å². The molecule has 1 amide bonds. The van der Waals surface area contributed by atoms with E-state index >= 15 is 0 Å². The Morgan fingerprint density at radius 3 is 2.00 bits per heavy atom. The molecule has 1 aromatic carbocycles. The second kappa shape index (κ2) is 12.9. The molecular formula is C23H35NO6. The quantitative estimate of drug-likeness (QED) is 0.435. The fourth-order valence-electron chi connectivity index (χ4n) is 3.02. The lowest BCUT2D eigenvalue weighted by atomic mass is 10.1. The van der Waals surface area contributed by atoms with Gasteiger partial charge in [-0.05, 0) is 64.2 Å². The van der Waals surface area contributed by atoms with E-state index in [4.69, 9.17) is 14.9 Å². The first-order chi connectivity index (χ1) is 14.1. The van der Waals surface area contributed by atoms with E-state index in [9.17, 15) is 14.4 Å². The number of nitrogens with zero attached hydrogens (tertiary/aromatic N) is 1. The first kappa shape index (κ1) is 25.5. The molecule has 0 aliphatic carbocycles. The summed E-state index contributed by atoms with van der Waals surface area (Å²) >= 11 is 0. The zero-order valence-corrected chi connectivity index (χ0v) is 18.4. The fraction of sp³-hybridized carbons (Fsp3) is 0.609.